The van der Waals surface area contributed by atoms with Gasteiger partial charge < -0.3 is 14.2 Å². The van der Waals surface area contributed by atoms with Gasteiger partial charge in [0.05, 0.1) is 11.2 Å². The molecule has 1 fully saturated rings. The molecule has 0 aliphatic carbocycles. The van der Waals surface area contributed by atoms with E-state index in [0.29, 0.717) is 30.2 Å². The van der Waals surface area contributed by atoms with Crippen LogP contribution < -0.4 is 9.37 Å². The molecule has 3 heterocycles. The molecule has 0 N–H and O–H groups in total. The van der Waals surface area contributed by atoms with Crippen LogP contribution in [0.2, 0.25) is 0 Å². The number of hydrogen-bond donors (Lipinski definition) is 0. The van der Waals surface area contributed by atoms with Crippen molar-refractivity contribution in [3.05, 3.63) is 51.7 Å². The van der Waals surface area contributed by atoms with Gasteiger partial charge in [-0.1, -0.05) is 4.47 Å². The number of carbonyl (C=O) groups excluding carboxylic acids is 1. The van der Waals surface area contributed by atoms with E-state index >= 15 is 4.39 Å². The van der Waals surface area contributed by atoms with Crippen LogP contribution in [0.15, 0.2) is 32.3 Å². The minimum atomic E-state index is -5.49. The van der Waals surface area contributed by atoms with Crippen molar-refractivity contribution in [2.24, 2.45) is 0 Å². The second-order valence-corrected chi connectivity index (χ2v) is 11.5. The highest BCUT2D eigenvalue weighted by atomic mass is 32.2. The van der Waals surface area contributed by atoms with Crippen LogP contribution in [0.1, 0.15) is 29.3 Å². The number of nitrogens with zero attached hydrogens (tertiary/aromatic N) is 5. The Morgan fingerprint density at radius 2 is 2.00 bits per heavy atom. The summed E-state index contributed by atoms with van der Waals surface area (Å²) in [6, 6.07) is 1.96. The fraction of sp³-hybridized carbons (Fsp3) is 0.435. The number of aryl methyl sites for hydroxylation is 3. The number of oxazole rings is 1. The van der Waals surface area contributed by atoms with Gasteiger partial charge in [0.1, 0.15) is 16.5 Å². The third-order valence-electron chi connectivity index (χ3n) is 6.30. The summed E-state index contributed by atoms with van der Waals surface area (Å²) >= 11 is 0.841. The van der Waals surface area contributed by atoms with Gasteiger partial charge in [-0.2, -0.15) is 21.6 Å². The fourth-order valence-corrected chi connectivity index (χ4v) is 6.25. The van der Waals surface area contributed by atoms with Gasteiger partial charge in [-0.15, -0.1) is 11.3 Å². The van der Waals surface area contributed by atoms with E-state index in [1.54, 1.807) is 20.9 Å². The molecule has 0 amide bonds. The predicted octanol–water partition coefficient (Wildman–Crippen LogP) is 4.12. The molecular formula is C23H25F4N5O5S2. The van der Waals surface area contributed by atoms with Gasteiger partial charge in [0, 0.05) is 50.7 Å². The Kier molecular flexibility index (Phi) is 7.91. The van der Waals surface area contributed by atoms with Crippen molar-refractivity contribution in [2.75, 3.05) is 29.5 Å². The summed E-state index contributed by atoms with van der Waals surface area (Å²) < 4.78 is 85.4. The van der Waals surface area contributed by atoms with Crippen molar-refractivity contribution >= 4 is 38.8 Å². The number of benzene rings is 1. The maximum Gasteiger partial charge on any atom is 0.493 e. The number of likely N-dealkylation sites (N-methyl/N-ethyl adjacent to an activating group) is 1. The lowest BCUT2D eigenvalue weighted by Crippen LogP contribution is -2.39. The average molecular weight is 592 g/mol. The number of halogens is 4. The third kappa shape index (κ3) is 6.01. The molecule has 1 aliphatic rings. The van der Waals surface area contributed by atoms with Crippen LogP contribution in [0.25, 0.3) is 0 Å². The first-order chi connectivity index (χ1) is 18.2. The molecule has 0 spiro atoms. The van der Waals surface area contributed by atoms with Crippen LogP contribution >= 0.6 is 11.3 Å². The van der Waals surface area contributed by atoms with Crippen LogP contribution in [0.4, 0.5) is 29.1 Å². The van der Waals surface area contributed by atoms with E-state index in [0.717, 1.165) is 58.8 Å². The van der Waals surface area contributed by atoms with Crippen molar-refractivity contribution in [1.29, 1.82) is 0 Å². The molecule has 16 heteroatoms. The number of sulfonamides is 1. The number of alkyl halides is 3. The standard InChI is InChI=1S/C23H25F4N5O5S2/c1-13-7-20(39(34,35)32(21-11-38-12-28-21)37-22(33)23(25,26)27)17(24)8-19(13)30(4)16-5-6-31(9-16)10-18-14(2)36-15(3)29-18/h7-8,11-12,16H,5-6,9-10H2,1-4H3/t16-/m0/s1. The molecule has 1 atom stereocenters. The lowest BCUT2D eigenvalue weighted by atomic mass is 10.1. The number of rotatable bonds is 8. The Morgan fingerprint density at radius 3 is 2.59 bits per heavy atom. The Bertz CT molecular complexity index is 1460. The zero-order valence-electron chi connectivity index (χ0n) is 21.3. The molecule has 39 heavy (non-hydrogen) atoms. The number of thiazole rings is 1. The highest BCUT2D eigenvalue weighted by Gasteiger charge is 2.46. The summed E-state index contributed by atoms with van der Waals surface area (Å²) in [7, 11) is -3.37. The number of likely N-dealkylation sites (tertiary alicyclic amines) is 1. The molecule has 0 saturated carbocycles. The fourth-order valence-electron chi connectivity index (χ4n) is 4.35. The molecular weight excluding hydrogens is 566 g/mol. The summed E-state index contributed by atoms with van der Waals surface area (Å²) in [5.74, 6) is -3.33. The molecule has 10 nitrogen and oxygen atoms in total. The number of anilines is 2. The first kappa shape index (κ1) is 28.8. The van der Waals surface area contributed by atoms with Gasteiger partial charge >= 0.3 is 12.1 Å². The molecule has 2 aromatic heterocycles. The topological polar surface area (TPSA) is 109 Å². The second kappa shape index (κ2) is 10.7. The smallest absolute Gasteiger partial charge is 0.446 e. The maximum absolute atomic E-state index is 15.3. The largest absolute Gasteiger partial charge is 0.493 e. The minimum Gasteiger partial charge on any atom is -0.446 e. The van der Waals surface area contributed by atoms with Crippen molar-refractivity contribution in [3.63, 3.8) is 0 Å². The summed E-state index contributed by atoms with van der Waals surface area (Å²) in [5.41, 5.74) is 2.71. The Balaban J connectivity index is 1.57. The van der Waals surface area contributed by atoms with Crippen molar-refractivity contribution in [3.8, 4) is 0 Å². The summed E-state index contributed by atoms with van der Waals surface area (Å²) in [6.45, 7) is 7.13. The third-order valence-corrected chi connectivity index (χ3v) is 8.44. The normalized spacial score (nSPS) is 16.5. The van der Waals surface area contributed by atoms with Gasteiger partial charge in [0.2, 0.25) is 0 Å². The Labute approximate surface area is 225 Å². The van der Waals surface area contributed by atoms with Gasteiger partial charge in [-0.05, 0) is 38.0 Å². The van der Waals surface area contributed by atoms with Crippen LogP contribution in [-0.2, 0) is 26.2 Å². The lowest BCUT2D eigenvalue weighted by Gasteiger charge is -2.29. The van der Waals surface area contributed by atoms with Crippen molar-refractivity contribution in [2.45, 2.75) is 50.9 Å². The number of hydrogen-bond acceptors (Lipinski definition) is 10. The second-order valence-electron chi connectivity index (χ2n) is 9.05. The molecule has 1 aromatic carbocycles. The van der Waals surface area contributed by atoms with E-state index in [2.05, 4.69) is 19.7 Å². The van der Waals surface area contributed by atoms with Crippen molar-refractivity contribution in [1.82, 2.24) is 14.9 Å². The molecule has 0 bridgehead atoms. The predicted molar refractivity (Wildman–Crippen MR) is 133 cm³/mol. The Morgan fingerprint density at radius 1 is 1.28 bits per heavy atom. The summed E-state index contributed by atoms with van der Waals surface area (Å²) in [5, 5.41) is 1.04. The lowest BCUT2D eigenvalue weighted by molar-refractivity contribution is -0.199. The number of carbonyl (C=O) groups is 1. The molecule has 3 aromatic rings. The maximum atomic E-state index is 15.3. The summed E-state index contributed by atoms with van der Waals surface area (Å²) in [4.78, 5) is 26.6. The van der Waals surface area contributed by atoms with Gasteiger partial charge in [0.25, 0.3) is 10.0 Å². The van der Waals surface area contributed by atoms with Crippen LogP contribution in [-0.4, -0.2) is 61.6 Å². The Hall–Kier alpha value is -3.24. The van der Waals surface area contributed by atoms with Crippen LogP contribution in [0, 0.1) is 26.6 Å². The average Bonchev–Trinajstić information content (AvgIpc) is 3.60. The first-order valence-electron chi connectivity index (χ1n) is 11.6. The SMILES string of the molecule is Cc1nc(CN2CC[C@H](N(C)c3cc(F)c(S(=O)(=O)N(OC(=O)C(F)(F)F)c4cscn4)cc3C)C2)c(C)o1. The quantitative estimate of drug-likeness (QED) is 0.282. The molecule has 0 unspecified atom stereocenters. The summed E-state index contributed by atoms with van der Waals surface area (Å²) in [6.07, 6.45) is -4.75. The molecule has 0 radical (unpaired) electrons. The minimum absolute atomic E-state index is 0.0295. The molecule has 4 rings (SSSR count). The molecule has 1 aliphatic heterocycles. The van der Waals surface area contributed by atoms with E-state index in [4.69, 9.17) is 4.42 Å². The monoisotopic (exact) mass is 591 g/mol. The van der Waals surface area contributed by atoms with E-state index in [1.165, 1.54) is 0 Å². The van der Waals surface area contributed by atoms with Crippen LogP contribution in [0.5, 0.6) is 0 Å². The zero-order chi connectivity index (χ0) is 28.7. The van der Waals surface area contributed by atoms with Crippen molar-refractivity contribution < 1.29 is 40.0 Å². The van der Waals surface area contributed by atoms with Gasteiger partial charge in [0.15, 0.2) is 11.7 Å². The van der Waals surface area contributed by atoms with E-state index in [9.17, 15) is 26.4 Å². The van der Waals surface area contributed by atoms with Gasteiger partial charge in [-0.25, -0.2) is 19.2 Å². The van der Waals surface area contributed by atoms with Crippen LogP contribution in [0.3, 0.4) is 0 Å². The molecule has 1 saturated heterocycles. The zero-order valence-corrected chi connectivity index (χ0v) is 23.0. The van der Waals surface area contributed by atoms with E-state index in [1.807, 2.05) is 11.8 Å². The van der Waals surface area contributed by atoms with Gasteiger partial charge in [-0.3, -0.25) is 4.90 Å². The van der Waals surface area contributed by atoms with E-state index in [-0.39, 0.29) is 10.5 Å². The first-order valence-corrected chi connectivity index (χ1v) is 14.0. The number of aromatic nitrogens is 2. The highest BCUT2D eigenvalue weighted by molar-refractivity contribution is 7.92. The highest BCUT2D eigenvalue weighted by Crippen LogP contribution is 2.33. The molecule has 212 valence electrons. The van der Waals surface area contributed by atoms with E-state index < -0.39 is 38.7 Å².